The average Bonchev–Trinajstić information content (AvgIpc) is 2.80. The van der Waals surface area contributed by atoms with Crippen molar-refractivity contribution in [3.05, 3.63) is 78.4 Å². The summed E-state index contributed by atoms with van der Waals surface area (Å²) in [5.74, 6) is -3.98. The van der Waals surface area contributed by atoms with Crippen LogP contribution in [0.2, 0.25) is 0 Å². The number of carbonyl (C=O) groups excluding carboxylic acids is 2. The Balaban J connectivity index is 1.56. The molecule has 3 aromatic carbocycles. The van der Waals surface area contributed by atoms with Gasteiger partial charge < -0.3 is 20.1 Å². The van der Waals surface area contributed by atoms with Gasteiger partial charge in [0.1, 0.15) is 5.75 Å². The van der Waals surface area contributed by atoms with Crippen LogP contribution >= 0.6 is 11.8 Å². The van der Waals surface area contributed by atoms with Crippen LogP contribution in [0.1, 0.15) is 10.4 Å². The molecule has 2 N–H and O–H groups in total. The predicted octanol–water partition coefficient (Wildman–Crippen LogP) is 6.14. The number of nitrogens with one attached hydrogen (secondary N) is 2. The van der Waals surface area contributed by atoms with Crippen LogP contribution < -0.4 is 15.4 Å². The van der Waals surface area contributed by atoms with E-state index in [1.54, 1.807) is 30.3 Å². The van der Waals surface area contributed by atoms with Crippen molar-refractivity contribution in [2.24, 2.45) is 0 Å². The molecule has 3 aromatic rings. The van der Waals surface area contributed by atoms with Crippen molar-refractivity contribution in [1.29, 1.82) is 0 Å². The van der Waals surface area contributed by atoms with Gasteiger partial charge in [0.15, 0.2) is 6.61 Å². The van der Waals surface area contributed by atoms with E-state index in [2.05, 4.69) is 15.4 Å². The molecule has 0 atom stereocenters. The van der Waals surface area contributed by atoms with Gasteiger partial charge in [-0.25, -0.2) is 4.79 Å². The number of anilines is 3. The van der Waals surface area contributed by atoms with Gasteiger partial charge in [-0.3, -0.25) is 4.79 Å². The zero-order valence-electron chi connectivity index (χ0n) is 17.3. The molecule has 0 bridgehead atoms. The van der Waals surface area contributed by atoms with Crippen LogP contribution in [0.5, 0.6) is 5.75 Å². The first-order valence-electron chi connectivity index (χ1n) is 9.73. The highest BCUT2D eigenvalue weighted by Crippen LogP contribution is 2.28. The third kappa shape index (κ3) is 7.69. The van der Waals surface area contributed by atoms with Crippen LogP contribution in [0.4, 0.5) is 34.6 Å². The summed E-state index contributed by atoms with van der Waals surface area (Å²) < 4.78 is 58.6. The zero-order valence-corrected chi connectivity index (χ0v) is 18.2. The van der Waals surface area contributed by atoms with E-state index in [1.165, 1.54) is 42.5 Å². The second-order valence-electron chi connectivity index (χ2n) is 6.60. The van der Waals surface area contributed by atoms with Crippen molar-refractivity contribution in [2.75, 3.05) is 17.2 Å². The number of alkyl halides is 4. The maximum atomic E-state index is 12.5. The quantitative estimate of drug-likeness (QED) is 0.200. The summed E-state index contributed by atoms with van der Waals surface area (Å²) in [7, 11) is 0. The third-order valence-corrected chi connectivity index (χ3v) is 4.93. The lowest BCUT2D eigenvalue weighted by molar-refractivity contribution is -0.119. The van der Waals surface area contributed by atoms with E-state index in [0.29, 0.717) is 33.7 Å². The Morgan fingerprint density at radius 1 is 0.853 bits per heavy atom. The van der Waals surface area contributed by atoms with Crippen LogP contribution in [0.3, 0.4) is 0 Å². The molecule has 0 fully saturated rings. The van der Waals surface area contributed by atoms with E-state index in [9.17, 15) is 27.2 Å². The van der Waals surface area contributed by atoms with E-state index >= 15 is 0 Å². The molecule has 6 nitrogen and oxygen atoms in total. The minimum atomic E-state index is -2.96. The van der Waals surface area contributed by atoms with Gasteiger partial charge in [0.2, 0.25) is 0 Å². The summed E-state index contributed by atoms with van der Waals surface area (Å²) in [5.41, 5.74) is 1.43. The largest absolute Gasteiger partial charge is 0.452 e. The lowest BCUT2D eigenvalue weighted by Crippen LogP contribution is -2.21. The fraction of sp³-hybridized carbons (Fsp3) is 0.130. The molecule has 0 spiro atoms. The number of para-hydroxylation sites is 1. The number of carbonyl (C=O) groups is 2. The number of hydrogen-bond donors (Lipinski definition) is 2. The summed E-state index contributed by atoms with van der Waals surface area (Å²) in [6.07, 6.45) is 0. The fourth-order valence-electron chi connectivity index (χ4n) is 2.77. The molecule has 11 heteroatoms. The number of halogens is 4. The third-order valence-electron chi connectivity index (χ3n) is 4.20. The van der Waals surface area contributed by atoms with Crippen molar-refractivity contribution in [1.82, 2.24) is 0 Å². The lowest BCUT2D eigenvalue weighted by Gasteiger charge is -2.12. The van der Waals surface area contributed by atoms with Gasteiger partial charge in [-0.05, 0) is 60.7 Å². The molecule has 0 radical (unpaired) electrons. The Morgan fingerprint density at radius 2 is 1.50 bits per heavy atom. The second-order valence-corrected chi connectivity index (χ2v) is 7.66. The molecule has 0 saturated heterocycles. The Bertz CT molecular complexity index is 1110. The summed E-state index contributed by atoms with van der Waals surface area (Å²) in [6.45, 7) is -3.54. The summed E-state index contributed by atoms with van der Waals surface area (Å²) >= 11 is 0.425. The maximum Gasteiger partial charge on any atom is 0.387 e. The molecule has 0 aliphatic carbocycles. The van der Waals surface area contributed by atoms with E-state index in [0.717, 1.165) is 0 Å². The highest BCUT2D eigenvalue weighted by atomic mass is 32.2. The number of benzene rings is 3. The van der Waals surface area contributed by atoms with Gasteiger partial charge in [-0.15, -0.1) is 0 Å². The minimum absolute atomic E-state index is 0.0639. The monoisotopic (exact) mass is 494 g/mol. The van der Waals surface area contributed by atoms with E-state index in [1.807, 2.05) is 0 Å². The number of hydrogen-bond acceptors (Lipinski definition) is 6. The fourth-order valence-corrected chi connectivity index (χ4v) is 3.27. The number of rotatable bonds is 10. The molecule has 34 heavy (non-hydrogen) atoms. The Kier molecular flexibility index (Phi) is 8.74. The van der Waals surface area contributed by atoms with Gasteiger partial charge in [-0.1, -0.05) is 23.9 Å². The molecular weight excluding hydrogens is 476 g/mol. The highest BCUT2D eigenvalue weighted by Gasteiger charge is 2.15. The Labute approximate surface area is 196 Å². The standard InChI is InChI=1S/C23H18F4N2O4S/c24-22(25)33-16-9-5-15(6-10-16)29-20(30)13-32-21(31)18-3-1-2-4-19(18)28-14-7-11-17(12-8-14)34-23(26)27/h1-12,22-23,28H,13H2,(H,29,30). The maximum absolute atomic E-state index is 12.5. The van der Waals surface area contributed by atoms with Crippen molar-refractivity contribution in [2.45, 2.75) is 17.3 Å². The van der Waals surface area contributed by atoms with Crippen molar-refractivity contribution in [3.63, 3.8) is 0 Å². The van der Waals surface area contributed by atoms with Crippen LogP contribution in [0.15, 0.2) is 77.7 Å². The predicted molar refractivity (Wildman–Crippen MR) is 120 cm³/mol. The number of thioether (sulfide) groups is 1. The van der Waals surface area contributed by atoms with E-state index in [-0.39, 0.29) is 11.3 Å². The molecule has 0 aliphatic rings. The Hall–Kier alpha value is -3.73. The molecule has 1 amide bonds. The Morgan fingerprint density at radius 3 is 2.15 bits per heavy atom. The molecule has 0 unspecified atom stereocenters. The van der Waals surface area contributed by atoms with Crippen LogP contribution in [0.25, 0.3) is 0 Å². The topological polar surface area (TPSA) is 76.7 Å². The van der Waals surface area contributed by atoms with Gasteiger partial charge in [-0.2, -0.15) is 17.6 Å². The first-order valence-corrected chi connectivity index (χ1v) is 10.6. The number of ether oxygens (including phenoxy) is 2. The van der Waals surface area contributed by atoms with E-state index < -0.39 is 30.9 Å². The van der Waals surface area contributed by atoms with Crippen molar-refractivity contribution in [3.8, 4) is 5.75 Å². The molecule has 0 saturated carbocycles. The summed E-state index contributed by atoms with van der Waals surface area (Å²) in [5, 5.41) is 5.49. The summed E-state index contributed by atoms with van der Waals surface area (Å²) in [6, 6.07) is 17.9. The van der Waals surface area contributed by atoms with Crippen molar-refractivity contribution >= 4 is 40.7 Å². The zero-order chi connectivity index (χ0) is 24.5. The van der Waals surface area contributed by atoms with E-state index in [4.69, 9.17) is 4.74 Å². The molecule has 178 valence electrons. The normalized spacial score (nSPS) is 10.8. The molecular formula is C23H18F4N2O4S. The van der Waals surface area contributed by atoms with Gasteiger partial charge in [0, 0.05) is 16.3 Å². The molecule has 0 heterocycles. The van der Waals surface area contributed by atoms with Gasteiger partial charge >= 0.3 is 12.6 Å². The smallest absolute Gasteiger partial charge is 0.387 e. The first kappa shape index (κ1) is 24.9. The van der Waals surface area contributed by atoms with Gasteiger partial charge in [0.25, 0.3) is 11.7 Å². The number of amides is 1. The highest BCUT2D eigenvalue weighted by molar-refractivity contribution is 7.99. The second kappa shape index (κ2) is 11.9. The minimum Gasteiger partial charge on any atom is -0.452 e. The average molecular weight is 494 g/mol. The molecule has 0 aliphatic heterocycles. The SMILES string of the molecule is O=C(COC(=O)c1ccccc1Nc1ccc(SC(F)F)cc1)Nc1ccc(OC(F)F)cc1. The molecule has 3 rings (SSSR count). The first-order chi connectivity index (χ1) is 16.3. The van der Waals surface area contributed by atoms with Crippen LogP contribution in [0, 0.1) is 0 Å². The van der Waals surface area contributed by atoms with Crippen LogP contribution in [-0.2, 0) is 9.53 Å². The van der Waals surface area contributed by atoms with Crippen molar-refractivity contribution < 1.29 is 36.6 Å². The summed E-state index contributed by atoms with van der Waals surface area (Å²) in [4.78, 5) is 25.0. The number of esters is 1. The lowest BCUT2D eigenvalue weighted by atomic mass is 10.1. The van der Waals surface area contributed by atoms with Gasteiger partial charge in [0.05, 0.1) is 11.3 Å². The van der Waals surface area contributed by atoms with Crippen LogP contribution in [-0.4, -0.2) is 30.9 Å². The molecule has 0 aromatic heterocycles.